The molecule has 8 heteroatoms. The average Bonchev–Trinajstić information content (AvgIpc) is 2.77. The molecule has 2 amide bonds. The van der Waals surface area contributed by atoms with Gasteiger partial charge in [-0.3, -0.25) is 9.59 Å². The SMILES string of the molecule is CC[C@@H](C)NC(=O)/C(C#N)=C/c1ccc(OCC(=O)Nc2ccccc2Cl)c(OC)c1. The molecule has 0 radical (unpaired) electrons. The van der Waals surface area contributed by atoms with Gasteiger partial charge in [0, 0.05) is 6.04 Å². The van der Waals surface area contributed by atoms with Gasteiger partial charge in [-0.15, -0.1) is 0 Å². The summed E-state index contributed by atoms with van der Waals surface area (Å²) >= 11 is 6.03. The number of anilines is 1. The maximum Gasteiger partial charge on any atom is 0.262 e. The number of carbonyl (C=O) groups is 2. The summed E-state index contributed by atoms with van der Waals surface area (Å²) in [5, 5.41) is 15.2. The number of benzene rings is 2. The number of nitrogens with one attached hydrogen (secondary N) is 2. The summed E-state index contributed by atoms with van der Waals surface area (Å²) in [6, 6.07) is 13.7. The summed E-state index contributed by atoms with van der Waals surface area (Å²) in [4.78, 5) is 24.4. The van der Waals surface area contributed by atoms with Crippen LogP contribution in [0.2, 0.25) is 5.02 Å². The molecule has 0 aromatic heterocycles. The highest BCUT2D eigenvalue weighted by Crippen LogP contribution is 2.29. The van der Waals surface area contributed by atoms with Gasteiger partial charge < -0.3 is 20.1 Å². The maximum atomic E-state index is 12.2. The summed E-state index contributed by atoms with van der Waals surface area (Å²) in [7, 11) is 1.46. The minimum Gasteiger partial charge on any atom is -0.493 e. The van der Waals surface area contributed by atoms with Crippen molar-refractivity contribution >= 4 is 35.2 Å². The van der Waals surface area contributed by atoms with E-state index in [1.807, 2.05) is 19.9 Å². The van der Waals surface area contributed by atoms with Gasteiger partial charge in [0.2, 0.25) is 0 Å². The largest absolute Gasteiger partial charge is 0.493 e. The van der Waals surface area contributed by atoms with E-state index in [1.54, 1.807) is 42.5 Å². The molecule has 0 aliphatic rings. The van der Waals surface area contributed by atoms with E-state index in [4.69, 9.17) is 21.1 Å². The zero-order valence-electron chi connectivity index (χ0n) is 17.6. The van der Waals surface area contributed by atoms with Crippen LogP contribution in [-0.4, -0.2) is 31.6 Å². The molecule has 2 aromatic rings. The lowest BCUT2D eigenvalue weighted by Gasteiger charge is -2.12. The molecule has 2 N–H and O–H groups in total. The van der Waals surface area contributed by atoms with Crippen LogP contribution in [0.15, 0.2) is 48.0 Å². The zero-order chi connectivity index (χ0) is 22.8. The lowest BCUT2D eigenvalue weighted by Crippen LogP contribution is -2.32. The van der Waals surface area contributed by atoms with Gasteiger partial charge in [-0.2, -0.15) is 5.26 Å². The minimum atomic E-state index is -0.438. The predicted octanol–water partition coefficient (Wildman–Crippen LogP) is 4.19. The third-order valence-electron chi connectivity index (χ3n) is 4.36. The van der Waals surface area contributed by atoms with Crippen molar-refractivity contribution in [2.24, 2.45) is 0 Å². The molecule has 2 rings (SSSR count). The fourth-order valence-electron chi connectivity index (χ4n) is 2.50. The van der Waals surface area contributed by atoms with Crippen LogP contribution < -0.4 is 20.1 Å². The van der Waals surface area contributed by atoms with E-state index in [-0.39, 0.29) is 24.1 Å². The van der Waals surface area contributed by atoms with Crippen LogP contribution in [-0.2, 0) is 9.59 Å². The first kappa shape index (κ1) is 23.8. The van der Waals surface area contributed by atoms with Crippen LogP contribution >= 0.6 is 11.6 Å². The fourth-order valence-corrected chi connectivity index (χ4v) is 2.69. The highest BCUT2D eigenvalue weighted by molar-refractivity contribution is 6.33. The number of hydrogen-bond donors (Lipinski definition) is 2. The summed E-state index contributed by atoms with van der Waals surface area (Å²) in [5.41, 5.74) is 1.06. The van der Waals surface area contributed by atoms with Gasteiger partial charge in [-0.25, -0.2) is 0 Å². The number of rotatable bonds is 9. The monoisotopic (exact) mass is 441 g/mol. The smallest absolute Gasteiger partial charge is 0.262 e. The minimum absolute atomic E-state index is 0.0184. The number of methoxy groups -OCH3 is 1. The Morgan fingerprint density at radius 2 is 1.97 bits per heavy atom. The second-order valence-electron chi connectivity index (χ2n) is 6.68. The zero-order valence-corrected chi connectivity index (χ0v) is 18.3. The summed E-state index contributed by atoms with van der Waals surface area (Å²) in [5.74, 6) is -0.115. The van der Waals surface area contributed by atoms with Crippen LogP contribution in [0.3, 0.4) is 0 Å². The van der Waals surface area contributed by atoms with E-state index in [9.17, 15) is 14.9 Å². The molecule has 0 heterocycles. The van der Waals surface area contributed by atoms with Crippen LogP contribution in [0.1, 0.15) is 25.8 Å². The van der Waals surface area contributed by atoms with Gasteiger partial charge in [-0.05, 0) is 49.2 Å². The third kappa shape index (κ3) is 7.05. The highest BCUT2D eigenvalue weighted by Gasteiger charge is 2.13. The quantitative estimate of drug-likeness (QED) is 0.449. The van der Waals surface area contributed by atoms with Gasteiger partial charge in [-0.1, -0.05) is 36.7 Å². The van der Waals surface area contributed by atoms with Crippen molar-refractivity contribution in [2.75, 3.05) is 19.0 Å². The molecule has 0 saturated heterocycles. The Morgan fingerprint density at radius 3 is 2.61 bits per heavy atom. The molecule has 2 aromatic carbocycles. The van der Waals surface area contributed by atoms with E-state index in [0.29, 0.717) is 27.8 Å². The molecular formula is C23H24ClN3O4. The van der Waals surface area contributed by atoms with Crippen LogP contribution in [0.5, 0.6) is 11.5 Å². The Kier molecular flexibility index (Phi) is 8.92. The first-order valence-electron chi connectivity index (χ1n) is 9.65. The normalized spacial score (nSPS) is 11.8. The Balaban J connectivity index is 2.08. The van der Waals surface area contributed by atoms with Crippen LogP contribution in [0.25, 0.3) is 6.08 Å². The summed E-state index contributed by atoms with van der Waals surface area (Å²) < 4.78 is 10.9. The van der Waals surface area contributed by atoms with E-state index in [1.165, 1.54) is 13.2 Å². The molecule has 7 nitrogen and oxygen atoms in total. The maximum absolute atomic E-state index is 12.2. The molecule has 0 aliphatic carbocycles. The molecule has 0 unspecified atom stereocenters. The predicted molar refractivity (Wildman–Crippen MR) is 120 cm³/mol. The number of halogens is 1. The number of nitriles is 1. The van der Waals surface area contributed by atoms with Crippen molar-refractivity contribution < 1.29 is 19.1 Å². The number of para-hydroxylation sites is 1. The van der Waals surface area contributed by atoms with Gasteiger partial charge in [0.25, 0.3) is 11.8 Å². The van der Waals surface area contributed by atoms with Crippen molar-refractivity contribution in [1.29, 1.82) is 5.26 Å². The lowest BCUT2D eigenvalue weighted by atomic mass is 10.1. The van der Waals surface area contributed by atoms with Crippen molar-refractivity contribution in [3.8, 4) is 17.6 Å². The van der Waals surface area contributed by atoms with Crippen LogP contribution in [0.4, 0.5) is 5.69 Å². The summed E-state index contributed by atoms with van der Waals surface area (Å²) in [6.45, 7) is 3.56. The number of nitrogens with zero attached hydrogens (tertiary/aromatic N) is 1. The van der Waals surface area contributed by atoms with Crippen LogP contribution in [0, 0.1) is 11.3 Å². The second-order valence-corrected chi connectivity index (χ2v) is 7.09. The number of carbonyl (C=O) groups excluding carboxylic acids is 2. The Hall–Kier alpha value is -3.50. The first-order valence-corrected chi connectivity index (χ1v) is 10.0. The topological polar surface area (TPSA) is 100 Å². The average molecular weight is 442 g/mol. The van der Waals surface area contributed by atoms with Gasteiger partial charge in [0.1, 0.15) is 11.6 Å². The van der Waals surface area contributed by atoms with E-state index in [2.05, 4.69) is 10.6 Å². The van der Waals surface area contributed by atoms with E-state index < -0.39 is 5.91 Å². The molecule has 0 saturated carbocycles. The standard InChI is InChI=1S/C23H24ClN3O4/c1-4-15(2)26-23(29)17(13-25)11-16-9-10-20(21(12-16)30-3)31-14-22(28)27-19-8-6-5-7-18(19)24/h5-12,15H,4,14H2,1-3H3,(H,26,29)(H,27,28)/b17-11+/t15-/m1/s1. The van der Waals surface area contributed by atoms with Gasteiger partial charge in [0.15, 0.2) is 18.1 Å². The van der Waals surface area contributed by atoms with Gasteiger partial charge in [0.05, 0.1) is 17.8 Å². The molecule has 0 bridgehead atoms. The van der Waals surface area contributed by atoms with E-state index in [0.717, 1.165) is 6.42 Å². The first-order chi connectivity index (χ1) is 14.9. The van der Waals surface area contributed by atoms with Crippen molar-refractivity contribution in [3.05, 3.63) is 58.6 Å². The lowest BCUT2D eigenvalue weighted by molar-refractivity contribution is -0.118. The van der Waals surface area contributed by atoms with Gasteiger partial charge >= 0.3 is 0 Å². The highest BCUT2D eigenvalue weighted by atomic mass is 35.5. The molecule has 0 spiro atoms. The Bertz CT molecular complexity index is 1010. The molecule has 0 aliphatic heterocycles. The Morgan fingerprint density at radius 1 is 1.23 bits per heavy atom. The van der Waals surface area contributed by atoms with Crippen molar-refractivity contribution in [1.82, 2.24) is 5.32 Å². The molecular weight excluding hydrogens is 418 g/mol. The number of ether oxygens (including phenoxy) is 2. The third-order valence-corrected chi connectivity index (χ3v) is 4.69. The van der Waals surface area contributed by atoms with Crippen molar-refractivity contribution in [2.45, 2.75) is 26.3 Å². The number of amides is 2. The molecule has 31 heavy (non-hydrogen) atoms. The summed E-state index contributed by atoms with van der Waals surface area (Å²) in [6.07, 6.45) is 2.22. The molecule has 1 atom stereocenters. The van der Waals surface area contributed by atoms with E-state index >= 15 is 0 Å². The molecule has 0 fully saturated rings. The Labute approximate surface area is 186 Å². The van der Waals surface area contributed by atoms with Crippen molar-refractivity contribution in [3.63, 3.8) is 0 Å². The number of hydrogen-bond acceptors (Lipinski definition) is 5. The molecule has 162 valence electrons. The fraction of sp³-hybridized carbons (Fsp3) is 0.261. The second kappa shape index (κ2) is 11.6.